The molecular formula is C19H17FN4O. The van der Waals surface area contributed by atoms with Crippen molar-refractivity contribution >= 4 is 23.1 Å². The second kappa shape index (κ2) is 5.73. The van der Waals surface area contributed by atoms with E-state index in [0.29, 0.717) is 17.7 Å². The highest BCUT2D eigenvalue weighted by atomic mass is 19.1. The molecule has 0 bridgehead atoms. The molecule has 5 nitrogen and oxygen atoms in total. The van der Waals surface area contributed by atoms with Gasteiger partial charge >= 0.3 is 0 Å². The molecule has 0 fully saturated rings. The number of halogens is 1. The predicted octanol–water partition coefficient (Wildman–Crippen LogP) is 3.77. The lowest BCUT2D eigenvalue weighted by molar-refractivity contribution is 0.0985. The second-order valence-electron chi connectivity index (χ2n) is 6.14. The molecule has 1 N–H and O–H groups in total. The molecule has 1 amide bonds. The van der Waals surface area contributed by atoms with E-state index < -0.39 is 0 Å². The molecule has 6 heteroatoms. The topological polar surface area (TPSA) is 50.2 Å². The summed E-state index contributed by atoms with van der Waals surface area (Å²) in [5.74, 6) is 0.219. The molecule has 1 aliphatic rings. The van der Waals surface area contributed by atoms with E-state index in [2.05, 4.69) is 10.4 Å². The minimum atomic E-state index is -0.380. The van der Waals surface area contributed by atoms with Gasteiger partial charge in [0.15, 0.2) is 0 Å². The quantitative estimate of drug-likeness (QED) is 0.736. The standard InChI is InChI=1S/C19H17FN4O/c1-12-7-8-13(9-15(12)20)19(25)24-11-14-10-21-23(2)18(14)22-16-5-3-4-6-17(16)24/h3-10,22H,11H2,1-2H3. The number of anilines is 3. The van der Waals surface area contributed by atoms with Crippen molar-refractivity contribution in [1.29, 1.82) is 0 Å². The average Bonchev–Trinajstić information content (AvgIpc) is 2.86. The van der Waals surface area contributed by atoms with Gasteiger partial charge in [-0.2, -0.15) is 5.10 Å². The Morgan fingerprint density at radius 3 is 2.84 bits per heavy atom. The molecule has 0 spiro atoms. The van der Waals surface area contributed by atoms with Crippen molar-refractivity contribution < 1.29 is 9.18 Å². The highest BCUT2D eigenvalue weighted by molar-refractivity contribution is 6.08. The Bertz CT molecular complexity index is 979. The molecule has 126 valence electrons. The zero-order valence-corrected chi connectivity index (χ0v) is 14.0. The van der Waals surface area contributed by atoms with Crippen molar-refractivity contribution in [3.63, 3.8) is 0 Å². The third-order valence-electron chi connectivity index (χ3n) is 4.45. The number of amides is 1. The van der Waals surface area contributed by atoms with Crippen LogP contribution in [0.3, 0.4) is 0 Å². The van der Waals surface area contributed by atoms with Crippen LogP contribution in [-0.2, 0) is 13.6 Å². The summed E-state index contributed by atoms with van der Waals surface area (Å²) in [6.45, 7) is 2.04. The van der Waals surface area contributed by atoms with Gasteiger partial charge in [-0.15, -0.1) is 0 Å². The zero-order chi connectivity index (χ0) is 17.6. The van der Waals surface area contributed by atoms with E-state index in [1.165, 1.54) is 6.07 Å². The first-order valence-electron chi connectivity index (χ1n) is 7.99. The molecule has 3 aromatic rings. The van der Waals surface area contributed by atoms with Gasteiger partial charge in [0.2, 0.25) is 0 Å². The van der Waals surface area contributed by atoms with Crippen LogP contribution in [0.25, 0.3) is 0 Å². The summed E-state index contributed by atoms with van der Waals surface area (Å²) in [7, 11) is 1.85. The van der Waals surface area contributed by atoms with Gasteiger partial charge in [0, 0.05) is 18.2 Å². The minimum absolute atomic E-state index is 0.246. The van der Waals surface area contributed by atoms with Crippen LogP contribution in [0.2, 0.25) is 0 Å². The van der Waals surface area contributed by atoms with Crippen molar-refractivity contribution in [3.05, 3.63) is 71.2 Å². The third kappa shape index (κ3) is 2.55. The Morgan fingerprint density at radius 2 is 2.04 bits per heavy atom. The fraction of sp³-hybridized carbons (Fsp3) is 0.158. The highest BCUT2D eigenvalue weighted by Crippen LogP contribution is 2.36. The Balaban J connectivity index is 1.82. The summed E-state index contributed by atoms with van der Waals surface area (Å²) in [5.41, 5.74) is 3.31. The maximum atomic E-state index is 13.9. The van der Waals surface area contributed by atoms with E-state index in [0.717, 1.165) is 22.8 Å². The average molecular weight is 336 g/mol. The first kappa shape index (κ1) is 15.4. The molecule has 0 saturated carbocycles. The van der Waals surface area contributed by atoms with Crippen LogP contribution in [0.4, 0.5) is 21.6 Å². The number of fused-ring (bicyclic) bond motifs is 2. The molecule has 0 unspecified atom stereocenters. The first-order valence-corrected chi connectivity index (χ1v) is 7.99. The smallest absolute Gasteiger partial charge is 0.258 e. The lowest BCUT2D eigenvalue weighted by Crippen LogP contribution is -2.30. The highest BCUT2D eigenvalue weighted by Gasteiger charge is 2.26. The van der Waals surface area contributed by atoms with E-state index in [-0.39, 0.29) is 11.7 Å². The lowest BCUT2D eigenvalue weighted by Gasteiger charge is -2.22. The number of hydrogen-bond acceptors (Lipinski definition) is 3. The van der Waals surface area contributed by atoms with Crippen LogP contribution in [0, 0.1) is 12.7 Å². The number of nitrogens with one attached hydrogen (secondary N) is 1. The first-order chi connectivity index (χ1) is 12.0. The molecule has 0 saturated heterocycles. The van der Waals surface area contributed by atoms with Crippen molar-refractivity contribution in [2.45, 2.75) is 13.5 Å². The van der Waals surface area contributed by atoms with Crippen molar-refractivity contribution in [2.24, 2.45) is 7.05 Å². The Labute approximate surface area is 144 Å². The van der Waals surface area contributed by atoms with Gasteiger partial charge in [-0.25, -0.2) is 4.39 Å². The number of benzene rings is 2. The van der Waals surface area contributed by atoms with Crippen molar-refractivity contribution in [1.82, 2.24) is 9.78 Å². The number of hydrogen-bond donors (Lipinski definition) is 1. The van der Waals surface area contributed by atoms with Crippen LogP contribution >= 0.6 is 0 Å². The number of carbonyl (C=O) groups excluding carboxylic acids is 1. The molecule has 4 rings (SSSR count). The normalized spacial score (nSPS) is 12.8. The number of aryl methyl sites for hydroxylation is 2. The lowest BCUT2D eigenvalue weighted by atomic mass is 10.1. The predicted molar refractivity (Wildman–Crippen MR) is 94.6 cm³/mol. The zero-order valence-electron chi connectivity index (χ0n) is 14.0. The van der Waals surface area contributed by atoms with Crippen LogP contribution in [0.15, 0.2) is 48.7 Å². The van der Waals surface area contributed by atoms with E-state index >= 15 is 0 Å². The fourth-order valence-electron chi connectivity index (χ4n) is 3.02. The van der Waals surface area contributed by atoms with Gasteiger partial charge in [0.1, 0.15) is 11.6 Å². The maximum Gasteiger partial charge on any atom is 0.258 e. The van der Waals surface area contributed by atoms with E-state index in [4.69, 9.17) is 0 Å². The summed E-state index contributed by atoms with van der Waals surface area (Å²) in [6, 6.07) is 12.2. The van der Waals surface area contributed by atoms with E-state index in [1.54, 1.807) is 34.8 Å². The number of carbonyl (C=O) groups is 1. The summed E-state index contributed by atoms with van der Waals surface area (Å²) in [5, 5.41) is 7.60. The molecule has 0 radical (unpaired) electrons. The second-order valence-corrected chi connectivity index (χ2v) is 6.14. The molecule has 2 aromatic carbocycles. The monoisotopic (exact) mass is 336 g/mol. The Kier molecular flexibility index (Phi) is 3.53. The SMILES string of the molecule is Cc1ccc(C(=O)N2Cc3cnn(C)c3Nc3ccccc32)cc1F. The van der Waals surface area contributed by atoms with Gasteiger partial charge in [0.25, 0.3) is 5.91 Å². The number of para-hydroxylation sites is 2. The van der Waals surface area contributed by atoms with Crippen molar-refractivity contribution in [2.75, 3.05) is 10.2 Å². The Hall–Kier alpha value is -3.15. The number of nitrogens with zero attached hydrogens (tertiary/aromatic N) is 3. The largest absolute Gasteiger partial charge is 0.338 e. The molecule has 1 aliphatic heterocycles. The van der Waals surface area contributed by atoms with Gasteiger partial charge < -0.3 is 10.2 Å². The van der Waals surface area contributed by atoms with Gasteiger partial charge in [-0.05, 0) is 36.8 Å². The fourth-order valence-corrected chi connectivity index (χ4v) is 3.02. The minimum Gasteiger partial charge on any atom is -0.338 e. The summed E-state index contributed by atoms with van der Waals surface area (Å²) < 4.78 is 15.7. The van der Waals surface area contributed by atoms with Crippen LogP contribution in [0.1, 0.15) is 21.5 Å². The Morgan fingerprint density at radius 1 is 1.24 bits per heavy atom. The number of rotatable bonds is 1. The summed E-state index contributed by atoms with van der Waals surface area (Å²) in [4.78, 5) is 14.8. The molecule has 25 heavy (non-hydrogen) atoms. The molecular weight excluding hydrogens is 319 g/mol. The molecule has 1 aromatic heterocycles. The van der Waals surface area contributed by atoms with Crippen LogP contribution in [-0.4, -0.2) is 15.7 Å². The molecule has 0 atom stereocenters. The van der Waals surface area contributed by atoms with Gasteiger partial charge in [-0.3, -0.25) is 9.48 Å². The summed E-state index contributed by atoms with van der Waals surface area (Å²) in [6.07, 6.45) is 1.74. The molecule has 2 heterocycles. The number of aromatic nitrogens is 2. The van der Waals surface area contributed by atoms with Crippen LogP contribution < -0.4 is 10.2 Å². The van der Waals surface area contributed by atoms with Gasteiger partial charge in [-0.1, -0.05) is 18.2 Å². The van der Waals surface area contributed by atoms with E-state index in [1.807, 2.05) is 31.3 Å². The van der Waals surface area contributed by atoms with Gasteiger partial charge in [0.05, 0.1) is 24.1 Å². The van der Waals surface area contributed by atoms with Crippen LogP contribution in [0.5, 0.6) is 0 Å². The van der Waals surface area contributed by atoms with Crippen molar-refractivity contribution in [3.8, 4) is 0 Å². The summed E-state index contributed by atoms with van der Waals surface area (Å²) >= 11 is 0. The third-order valence-corrected chi connectivity index (χ3v) is 4.45. The van der Waals surface area contributed by atoms with E-state index in [9.17, 15) is 9.18 Å². The maximum absolute atomic E-state index is 13.9. The molecule has 0 aliphatic carbocycles.